The molecule has 0 aliphatic heterocycles. The van der Waals surface area contributed by atoms with Gasteiger partial charge in [0.2, 0.25) is 0 Å². The van der Waals surface area contributed by atoms with Crippen molar-refractivity contribution in [3.63, 3.8) is 0 Å². The maximum atomic E-state index is 4.33. The van der Waals surface area contributed by atoms with E-state index in [9.17, 15) is 0 Å². The Hall–Kier alpha value is -0.520. The largest absolute Gasteiger partial charge is 0.0777 e. The summed E-state index contributed by atoms with van der Waals surface area (Å²) < 4.78 is 0. The van der Waals surface area contributed by atoms with E-state index in [-0.39, 0.29) is 5.41 Å². The lowest BCUT2D eigenvalue weighted by molar-refractivity contribution is 0.327. The third-order valence-electron chi connectivity index (χ3n) is 3.16. The second-order valence-electron chi connectivity index (χ2n) is 4.82. The van der Waals surface area contributed by atoms with Crippen LogP contribution in [0.4, 0.5) is 0 Å². The molecule has 0 aromatic carbocycles. The molecule has 0 aromatic rings. The van der Waals surface area contributed by atoms with E-state index in [1.54, 1.807) is 0 Å². The van der Waals surface area contributed by atoms with Crippen LogP contribution in [0.15, 0.2) is 23.8 Å². The first kappa shape index (κ1) is 10.6. The van der Waals surface area contributed by atoms with E-state index in [0.29, 0.717) is 11.8 Å². The van der Waals surface area contributed by atoms with Crippen molar-refractivity contribution in [3.8, 4) is 0 Å². The summed E-state index contributed by atoms with van der Waals surface area (Å²) in [6.07, 6.45) is 7.80. The molecule has 13 heavy (non-hydrogen) atoms. The molecule has 73 valence electrons. The fourth-order valence-electron chi connectivity index (χ4n) is 1.65. The van der Waals surface area contributed by atoms with Gasteiger partial charge in [0.05, 0.1) is 0 Å². The van der Waals surface area contributed by atoms with E-state index in [1.165, 1.54) is 5.57 Å². The molecular formula is C13H21. The highest BCUT2D eigenvalue weighted by Gasteiger charge is 2.28. The third-order valence-corrected chi connectivity index (χ3v) is 3.16. The predicted octanol–water partition coefficient (Wildman–Crippen LogP) is 4.01. The van der Waals surface area contributed by atoms with Gasteiger partial charge >= 0.3 is 0 Å². The summed E-state index contributed by atoms with van der Waals surface area (Å²) in [7, 11) is 0. The molecule has 0 heterocycles. The normalized spacial score (nSPS) is 28.4. The molecule has 0 saturated carbocycles. The summed E-state index contributed by atoms with van der Waals surface area (Å²) in [5.41, 5.74) is 1.67. The molecule has 0 fully saturated rings. The summed E-state index contributed by atoms with van der Waals surface area (Å²) >= 11 is 0. The maximum absolute atomic E-state index is 4.33. The van der Waals surface area contributed by atoms with Crippen molar-refractivity contribution < 1.29 is 0 Å². The van der Waals surface area contributed by atoms with E-state index in [2.05, 4.69) is 52.8 Å². The van der Waals surface area contributed by atoms with Crippen molar-refractivity contribution >= 4 is 0 Å². The number of hydrogen-bond donors (Lipinski definition) is 0. The number of allylic oxidation sites excluding steroid dienone is 4. The Morgan fingerprint density at radius 3 is 2.38 bits per heavy atom. The minimum Gasteiger partial charge on any atom is -0.0777 e. The van der Waals surface area contributed by atoms with Gasteiger partial charge in [-0.05, 0) is 30.6 Å². The van der Waals surface area contributed by atoms with Gasteiger partial charge in [-0.2, -0.15) is 0 Å². The van der Waals surface area contributed by atoms with E-state index in [1.807, 2.05) is 0 Å². The summed E-state index contributed by atoms with van der Waals surface area (Å²) in [4.78, 5) is 0. The maximum Gasteiger partial charge on any atom is -0.00545 e. The Labute approximate surface area is 82.7 Å². The molecular weight excluding hydrogens is 156 g/mol. The van der Waals surface area contributed by atoms with Crippen molar-refractivity contribution in [1.82, 2.24) is 0 Å². The molecule has 1 atom stereocenters. The van der Waals surface area contributed by atoms with Gasteiger partial charge in [-0.3, -0.25) is 0 Å². The molecule has 0 nitrogen and oxygen atoms in total. The van der Waals surface area contributed by atoms with Crippen LogP contribution in [0.2, 0.25) is 0 Å². The van der Waals surface area contributed by atoms with Crippen LogP contribution in [0.5, 0.6) is 0 Å². The summed E-state index contributed by atoms with van der Waals surface area (Å²) in [6, 6.07) is 0. The van der Waals surface area contributed by atoms with Crippen LogP contribution in [-0.4, -0.2) is 0 Å². The van der Waals surface area contributed by atoms with Crippen LogP contribution in [0.3, 0.4) is 0 Å². The first-order valence-corrected chi connectivity index (χ1v) is 5.19. The fraction of sp³-hybridized carbons (Fsp3) is 0.615. The standard InChI is InChI=1S/C13H21/c1-10(2)12-7-6-8-13(5,9-12)11(3)4/h6-8,10-11H,5,9H2,1-4H3. The van der Waals surface area contributed by atoms with Gasteiger partial charge in [0, 0.05) is 0 Å². The van der Waals surface area contributed by atoms with Gasteiger partial charge in [0.1, 0.15) is 0 Å². The molecule has 0 aromatic heterocycles. The van der Waals surface area contributed by atoms with Crippen LogP contribution in [0.25, 0.3) is 0 Å². The average molecular weight is 177 g/mol. The fourth-order valence-corrected chi connectivity index (χ4v) is 1.65. The van der Waals surface area contributed by atoms with Gasteiger partial charge in [-0.1, -0.05) is 51.5 Å². The molecule has 1 aliphatic carbocycles. The van der Waals surface area contributed by atoms with Crippen molar-refractivity contribution in [2.45, 2.75) is 34.1 Å². The molecule has 1 rings (SSSR count). The third kappa shape index (κ3) is 2.24. The zero-order valence-electron chi connectivity index (χ0n) is 9.30. The predicted molar refractivity (Wildman–Crippen MR) is 59.3 cm³/mol. The Bertz CT molecular complexity index is 230. The molecule has 1 radical (unpaired) electrons. The molecule has 1 unspecified atom stereocenters. The monoisotopic (exact) mass is 177 g/mol. The highest BCUT2D eigenvalue weighted by molar-refractivity contribution is 5.26. The zero-order chi connectivity index (χ0) is 10.1. The minimum atomic E-state index is 0.133. The van der Waals surface area contributed by atoms with Crippen molar-refractivity contribution in [2.24, 2.45) is 17.3 Å². The SMILES string of the molecule is [CH2]C1(C(C)C)C=CC=C(C(C)C)C1. The van der Waals surface area contributed by atoms with Crippen molar-refractivity contribution in [2.75, 3.05) is 0 Å². The topological polar surface area (TPSA) is 0 Å². The van der Waals surface area contributed by atoms with Crippen molar-refractivity contribution in [1.29, 1.82) is 0 Å². The number of hydrogen-bond acceptors (Lipinski definition) is 0. The second kappa shape index (κ2) is 3.69. The lowest BCUT2D eigenvalue weighted by atomic mass is 9.70. The van der Waals surface area contributed by atoms with E-state index < -0.39 is 0 Å². The highest BCUT2D eigenvalue weighted by atomic mass is 14.3. The van der Waals surface area contributed by atoms with Gasteiger partial charge in [0.15, 0.2) is 0 Å². The van der Waals surface area contributed by atoms with Crippen LogP contribution < -0.4 is 0 Å². The Morgan fingerprint density at radius 1 is 1.31 bits per heavy atom. The first-order chi connectivity index (χ1) is 5.96. The van der Waals surface area contributed by atoms with Crippen LogP contribution >= 0.6 is 0 Å². The molecule has 1 aliphatic rings. The molecule has 0 amide bonds. The van der Waals surface area contributed by atoms with E-state index >= 15 is 0 Å². The molecule has 0 spiro atoms. The quantitative estimate of drug-likeness (QED) is 0.598. The number of rotatable bonds is 2. The average Bonchev–Trinajstić information content (AvgIpc) is 2.04. The smallest absolute Gasteiger partial charge is 0.00545 e. The summed E-state index contributed by atoms with van der Waals surface area (Å²) in [6.45, 7) is 13.3. The van der Waals surface area contributed by atoms with Gasteiger partial charge in [-0.25, -0.2) is 0 Å². The first-order valence-electron chi connectivity index (χ1n) is 5.19. The van der Waals surface area contributed by atoms with Gasteiger partial charge in [0.25, 0.3) is 0 Å². The lowest BCUT2D eigenvalue weighted by Gasteiger charge is -2.34. The van der Waals surface area contributed by atoms with Gasteiger partial charge < -0.3 is 0 Å². The summed E-state index contributed by atoms with van der Waals surface area (Å²) in [5.74, 6) is 1.27. The Morgan fingerprint density at radius 2 is 1.92 bits per heavy atom. The Kier molecular flexibility index (Phi) is 3.00. The second-order valence-corrected chi connectivity index (χ2v) is 4.82. The zero-order valence-corrected chi connectivity index (χ0v) is 9.30. The minimum absolute atomic E-state index is 0.133. The molecule has 0 saturated heterocycles. The Balaban J connectivity index is 2.80. The van der Waals surface area contributed by atoms with E-state index in [0.717, 1.165) is 6.42 Å². The van der Waals surface area contributed by atoms with Gasteiger partial charge in [-0.15, -0.1) is 0 Å². The molecule has 0 heteroatoms. The van der Waals surface area contributed by atoms with Crippen LogP contribution in [-0.2, 0) is 0 Å². The van der Waals surface area contributed by atoms with Crippen LogP contribution in [0.1, 0.15) is 34.1 Å². The van der Waals surface area contributed by atoms with Crippen LogP contribution in [0, 0.1) is 24.2 Å². The lowest BCUT2D eigenvalue weighted by Crippen LogP contribution is -2.24. The van der Waals surface area contributed by atoms with Crippen molar-refractivity contribution in [3.05, 3.63) is 30.7 Å². The molecule has 0 N–H and O–H groups in total. The van der Waals surface area contributed by atoms with E-state index in [4.69, 9.17) is 0 Å². The molecule has 0 bridgehead atoms. The highest BCUT2D eigenvalue weighted by Crippen LogP contribution is 2.39. The summed E-state index contributed by atoms with van der Waals surface area (Å²) in [5, 5.41) is 0.